The van der Waals surface area contributed by atoms with Crippen LogP contribution in [-0.4, -0.2) is 75.5 Å². The number of nitrogens with zero attached hydrogens (tertiary/aromatic N) is 1. The lowest BCUT2D eigenvalue weighted by molar-refractivity contribution is -0.889. The van der Waals surface area contributed by atoms with Crippen LogP contribution in [0.2, 0.25) is 0 Å². The molecule has 340 valence electrons. The molecule has 0 bridgehead atoms. The molecule has 0 saturated heterocycles. The van der Waals surface area contributed by atoms with Crippen LogP contribution in [0.1, 0.15) is 162 Å². The molecule has 0 aliphatic heterocycles. The van der Waals surface area contributed by atoms with E-state index in [1.165, 1.54) is 25.7 Å². The van der Waals surface area contributed by atoms with Crippen molar-refractivity contribution in [3.63, 3.8) is 0 Å². The van der Waals surface area contributed by atoms with Crippen molar-refractivity contribution in [2.45, 2.75) is 174 Å². The molecule has 0 heterocycles. The van der Waals surface area contributed by atoms with Crippen molar-refractivity contribution in [3.05, 3.63) is 97.2 Å². The number of quaternary nitrogens is 1. The van der Waals surface area contributed by atoms with E-state index in [-0.39, 0.29) is 49.1 Å². The molecule has 0 fully saturated rings. The molecule has 0 saturated carbocycles. The van der Waals surface area contributed by atoms with Gasteiger partial charge in [-0.05, 0) is 77.0 Å². The first-order valence-electron chi connectivity index (χ1n) is 23.3. The number of hydrogen-bond acceptors (Lipinski definition) is 7. The van der Waals surface area contributed by atoms with Crippen molar-refractivity contribution < 1.29 is 38.2 Å². The maximum absolute atomic E-state index is 12.7. The van der Waals surface area contributed by atoms with Crippen LogP contribution in [0.5, 0.6) is 0 Å². The summed E-state index contributed by atoms with van der Waals surface area (Å²) in [7, 11) is 5.38. The Morgan fingerprint density at radius 2 is 1.00 bits per heavy atom. The Morgan fingerprint density at radius 1 is 0.533 bits per heavy atom. The highest BCUT2D eigenvalue weighted by Crippen LogP contribution is 2.12. The van der Waals surface area contributed by atoms with E-state index in [1.807, 2.05) is 30.4 Å². The number of carboxylic acid groups (broad SMARTS) is 1. The Morgan fingerprint density at radius 3 is 1.53 bits per heavy atom. The molecule has 0 aromatic heterocycles. The van der Waals surface area contributed by atoms with Crippen molar-refractivity contribution in [2.24, 2.45) is 0 Å². The predicted molar refractivity (Wildman–Crippen MR) is 249 cm³/mol. The molecule has 8 nitrogen and oxygen atoms in total. The Balaban J connectivity index is 4.41. The molecule has 0 aromatic rings. The molecule has 2 unspecified atom stereocenters. The standard InChI is InChI=1S/C52H85NO7/c1-6-8-10-12-14-16-18-20-22-23-24-25-26-27-29-31-33-35-37-39-41-43-51(55)60-48(46-58-45-44-49(52(56)57)53(3,4)5)47-59-50(54)42-40-38-36-34-32-30-28-21-19-17-15-13-11-9-7-2/h9,11,13-17,19-22,24-25,27-29,48-49H,6-8,10,12,18,23,26,30-47H2,1-5H3/b11-9+,15-13+,16-14+,19-17+,22-20+,25-24+,28-21+,29-27+. The van der Waals surface area contributed by atoms with Crippen molar-refractivity contribution in [1.29, 1.82) is 0 Å². The SMILES string of the molecule is CC/C=C/C=C/C=C/C=C/CCCCCCCC(=O)OCC(COCCC(C(=O)[O-])[N+](C)(C)C)OC(=O)CCCCCCC/C=C/C/C=C/C/C=C/C/C=C/CCCCC. The second-order valence-electron chi connectivity index (χ2n) is 16.3. The molecule has 0 spiro atoms. The van der Waals surface area contributed by atoms with Gasteiger partial charge in [-0.2, -0.15) is 0 Å². The Bertz CT molecular complexity index is 1300. The summed E-state index contributed by atoms with van der Waals surface area (Å²) in [6.07, 6.45) is 55.7. The van der Waals surface area contributed by atoms with E-state index < -0.39 is 18.1 Å². The van der Waals surface area contributed by atoms with E-state index >= 15 is 0 Å². The fourth-order valence-electron chi connectivity index (χ4n) is 6.18. The summed E-state index contributed by atoms with van der Waals surface area (Å²) in [6.45, 7) is 4.43. The smallest absolute Gasteiger partial charge is 0.306 e. The van der Waals surface area contributed by atoms with Crippen molar-refractivity contribution in [2.75, 3.05) is 41.0 Å². The maximum atomic E-state index is 12.7. The summed E-state index contributed by atoms with van der Waals surface area (Å²) >= 11 is 0. The average Bonchev–Trinajstić information content (AvgIpc) is 3.21. The lowest BCUT2D eigenvalue weighted by Crippen LogP contribution is -2.55. The lowest BCUT2D eigenvalue weighted by atomic mass is 10.1. The molecular weight excluding hydrogens is 751 g/mol. The highest BCUT2D eigenvalue weighted by molar-refractivity contribution is 5.70. The van der Waals surface area contributed by atoms with Crippen LogP contribution in [0.25, 0.3) is 0 Å². The predicted octanol–water partition coefficient (Wildman–Crippen LogP) is 11.7. The third-order valence-electron chi connectivity index (χ3n) is 9.80. The molecular formula is C52H85NO7. The number of carbonyl (C=O) groups excluding carboxylic acids is 3. The Kier molecular flexibility index (Phi) is 39.3. The van der Waals surface area contributed by atoms with Gasteiger partial charge in [0.05, 0.1) is 40.3 Å². The molecule has 0 radical (unpaired) electrons. The first kappa shape index (κ1) is 56.2. The quantitative estimate of drug-likeness (QED) is 0.0199. The van der Waals surface area contributed by atoms with E-state index in [4.69, 9.17) is 14.2 Å². The minimum atomic E-state index is -1.14. The van der Waals surface area contributed by atoms with Crippen molar-refractivity contribution >= 4 is 17.9 Å². The minimum Gasteiger partial charge on any atom is -0.544 e. The third-order valence-corrected chi connectivity index (χ3v) is 9.80. The fourth-order valence-corrected chi connectivity index (χ4v) is 6.18. The summed E-state index contributed by atoms with van der Waals surface area (Å²) in [5.41, 5.74) is 0. The molecule has 0 aromatic carbocycles. The van der Waals surface area contributed by atoms with Gasteiger partial charge < -0.3 is 28.6 Å². The lowest BCUT2D eigenvalue weighted by Gasteiger charge is -2.34. The minimum absolute atomic E-state index is 0.0185. The number of esters is 2. The van der Waals surface area contributed by atoms with Crippen LogP contribution >= 0.6 is 0 Å². The third kappa shape index (κ3) is 39.7. The number of rotatable bonds is 40. The van der Waals surface area contributed by atoms with Gasteiger partial charge in [0.25, 0.3) is 0 Å². The van der Waals surface area contributed by atoms with Crippen LogP contribution in [0.15, 0.2) is 97.2 Å². The molecule has 0 aliphatic carbocycles. The van der Waals surface area contributed by atoms with Crippen LogP contribution < -0.4 is 5.11 Å². The summed E-state index contributed by atoms with van der Waals surface area (Å²) in [5.74, 6) is -1.80. The van der Waals surface area contributed by atoms with Gasteiger partial charge in [0.2, 0.25) is 0 Å². The zero-order chi connectivity index (χ0) is 44.2. The second kappa shape index (κ2) is 42.0. The van der Waals surface area contributed by atoms with Gasteiger partial charge >= 0.3 is 11.9 Å². The van der Waals surface area contributed by atoms with Gasteiger partial charge in [-0.1, -0.05) is 162 Å². The fraction of sp³-hybridized carbons (Fsp3) is 0.635. The topological polar surface area (TPSA) is 102 Å². The summed E-state index contributed by atoms with van der Waals surface area (Å²) in [4.78, 5) is 36.9. The molecule has 8 heteroatoms. The number of unbranched alkanes of at least 4 members (excludes halogenated alkanes) is 13. The van der Waals surface area contributed by atoms with Gasteiger partial charge in [-0.25, -0.2) is 0 Å². The van der Waals surface area contributed by atoms with Crippen molar-refractivity contribution in [1.82, 2.24) is 0 Å². The molecule has 0 amide bonds. The van der Waals surface area contributed by atoms with Crippen LogP contribution in [-0.2, 0) is 28.6 Å². The number of hydrogen-bond donors (Lipinski definition) is 0. The Labute approximate surface area is 366 Å². The highest BCUT2D eigenvalue weighted by Gasteiger charge is 2.25. The monoisotopic (exact) mass is 836 g/mol. The van der Waals surface area contributed by atoms with Gasteiger partial charge in [-0.15, -0.1) is 0 Å². The van der Waals surface area contributed by atoms with E-state index in [9.17, 15) is 19.5 Å². The first-order valence-corrected chi connectivity index (χ1v) is 23.3. The highest BCUT2D eigenvalue weighted by atomic mass is 16.6. The number of aliphatic carboxylic acids is 1. The zero-order valence-corrected chi connectivity index (χ0v) is 38.6. The second-order valence-corrected chi connectivity index (χ2v) is 16.3. The van der Waals surface area contributed by atoms with Gasteiger partial charge in [0, 0.05) is 19.3 Å². The van der Waals surface area contributed by atoms with E-state index in [1.54, 1.807) is 21.1 Å². The molecule has 0 aliphatic rings. The van der Waals surface area contributed by atoms with Crippen LogP contribution in [0.3, 0.4) is 0 Å². The van der Waals surface area contributed by atoms with Crippen LogP contribution in [0, 0.1) is 0 Å². The number of ether oxygens (including phenoxy) is 3. The molecule has 0 N–H and O–H groups in total. The molecule has 0 rings (SSSR count). The number of allylic oxidation sites excluding steroid dienone is 16. The average molecular weight is 836 g/mol. The first-order chi connectivity index (χ1) is 29.1. The normalized spacial score (nSPS) is 13.8. The van der Waals surface area contributed by atoms with E-state index in [2.05, 4.69) is 80.7 Å². The van der Waals surface area contributed by atoms with E-state index in [0.717, 1.165) is 103 Å². The molecule has 2 atom stereocenters. The molecule has 60 heavy (non-hydrogen) atoms. The zero-order valence-electron chi connectivity index (χ0n) is 38.6. The summed E-state index contributed by atoms with van der Waals surface area (Å²) in [6, 6.07) is -0.739. The Hall–Kier alpha value is -3.75. The van der Waals surface area contributed by atoms with Gasteiger partial charge in [0.15, 0.2) is 6.10 Å². The number of likely N-dealkylation sites (N-methyl/N-ethyl adjacent to an activating group) is 1. The number of carbonyl (C=O) groups is 3. The van der Waals surface area contributed by atoms with Crippen molar-refractivity contribution in [3.8, 4) is 0 Å². The van der Waals surface area contributed by atoms with Crippen LogP contribution in [0.4, 0.5) is 0 Å². The maximum Gasteiger partial charge on any atom is 0.306 e. The summed E-state index contributed by atoms with van der Waals surface area (Å²) in [5, 5.41) is 11.6. The number of carboxylic acids is 1. The van der Waals surface area contributed by atoms with Gasteiger partial charge in [0.1, 0.15) is 12.6 Å². The summed E-state index contributed by atoms with van der Waals surface area (Å²) < 4.78 is 17.1. The van der Waals surface area contributed by atoms with E-state index in [0.29, 0.717) is 6.42 Å². The van der Waals surface area contributed by atoms with Gasteiger partial charge in [-0.3, -0.25) is 9.59 Å². The largest absolute Gasteiger partial charge is 0.544 e.